The number of carbonyl (C=O) groups is 2. The van der Waals surface area contributed by atoms with Gasteiger partial charge in [0.2, 0.25) is 0 Å². The van der Waals surface area contributed by atoms with Crippen molar-refractivity contribution in [3.63, 3.8) is 0 Å². The van der Waals surface area contributed by atoms with Crippen molar-refractivity contribution in [1.82, 2.24) is 0 Å². The molecular weight excluding hydrogens is 230 g/mol. The van der Waals surface area contributed by atoms with E-state index in [2.05, 4.69) is 5.32 Å². The maximum Gasteiger partial charge on any atom is 0.337 e. The SMILES string of the molecule is C#CC(=O)Nc1cc2ccccc2cc1C(=O)O. The number of fused-ring (bicyclic) bond motifs is 1. The van der Waals surface area contributed by atoms with E-state index < -0.39 is 11.9 Å². The molecule has 2 N–H and O–H groups in total. The van der Waals surface area contributed by atoms with Crippen molar-refractivity contribution in [2.45, 2.75) is 0 Å². The Morgan fingerprint density at radius 3 is 2.33 bits per heavy atom. The summed E-state index contributed by atoms with van der Waals surface area (Å²) in [6.45, 7) is 0. The van der Waals surface area contributed by atoms with Gasteiger partial charge in [-0.25, -0.2) is 4.79 Å². The number of hydrogen-bond donors (Lipinski definition) is 2. The minimum Gasteiger partial charge on any atom is -0.478 e. The number of carboxylic acid groups (broad SMARTS) is 1. The molecule has 4 nitrogen and oxygen atoms in total. The lowest BCUT2D eigenvalue weighted by Gasteiger charge is -2.08. The van der Waals surface area contributed by atoms with Crippen molar-refractivity contribution in [2.24, 2.45) is 0 Å². The fraction of sp³-hybridized carbons (Fsp3) is 0. The summed E-state index contributed by atoms with van der Waals surface area (Å²) in [7, 11) is 0. The van der Waals surface area contributed by atoms with Gasteiger partial charge in [-0.2, -0.15) is 0 Å². The summed E-state index contributed by atoms with van der Waals surface area (Å²) in [5, 5.41) is 13.1. The first-order chi connectivity index (χ1) is 8.61. The summed E-state index contributed by atoms with van der Waals surface area (Å²) in [6.07, 6.45) is 4.95. The van der Waals surface area contributed by atoms with Crippen LogP contribution in [0, 0.1) is 12.3 Å². The van der Waals surface area contributed by atoms with Crippen molar-refractivity contribution in [1.29, 1.82) is 0 Å². The molecule has 0 bridgehead atoms. The second kappa shape index (κ2) is 4.60. The topological polar surface area (TPSA) is 66.4 Å². The van der Waals surface area contributed by atoms with Crippen molar-refractivity contribution in [3.8, 4) is 12.3 Å². The number of amides is 1. The normalized spacial score (nSPS) is 9.72. The molecule has 2 rings (SSSR count). The van der Waals surface area contributed by atoms with Gasteiger partial charge in [0.15, 0.2) is 0 Å². The van der Waals surface area contributed by atoms with Crippen LogP contribution in [-0.2, 0) is 4.79 Å². The Hall–Kier alpha value is -2.80. The molecule has 88 valence electrons. The number of aromatic carboxylic acids is 1. The Balaban J connectivity index is 2.62. The lowest BCUT2D eigenvalue weighted by Crippen LogP contribution is -2.12. The van der Waals surface area contributed by atoms with Crippen LogP contribution in [0.25, 0.3) is 10.8 Å². The van der Waals surface area contributed by atoms with Gasteiger partial charge in [-0.05, 0) is 28.8 Å². The van der Waals surface area contributed by atoms with Crippen molar-refractivity contribution in [2.75, 3.05) is 5.32 Å². The van der Waals surface area contributed by atoms with E-state index >= 15 is 0 Å². The van der Waals surface area contributed by atoms with Crippen LogP contribution in [-0.4, -0.2) is 17.0 Å². The van der Waals surface area contributed by atoms with Gasteiger partial charge in [0, 0.05) is 0 Å². The predicted octanol–water partition coefficient (Wildman–Crippen LogP) is 2.11. The van der Waals surface area contributed by atoms with E-state index in [4.69, 9.17) is 11.5 Å². The highest BCUT2D eigenvalue weighted by Gasteiger charge is 2.12. The Morgan fingerprint density at radius 2 is 1.78 bits per heavy atom. The zero-order valence-electron chi connectivity index (χ0n) is 9.31. The molecule has 18 heavy (non-hydrogen) atoms. The first kappa shape index (κ1) is 11.7. The molecule has 0 fully saturated rings. The van der Waals surface area contributed by atoms with Crippen molar-refractivity contribution in [3.05, 3.63) is 42.0 Å². The van der Waals surface area contributed by atoms with E-state index in [-0.39, 0.29) is 11.3 Å². The van der Waals surface area contributed by atoms with Crippen molar-refractivity contribution >= 4 is 28.3 Å². The molecule has 0 spiro atoms. The summed E-state index contributed by atoms with van der Waals surface area (Å²) in [5.74, 6) is 0.0938. The zero-order valence-corrected chi connectivity index (χ0v) is 9.31. The van der Waals surface area contributed by atoms with Crippen LogP contribution in [0.4, 0.5) is 5.69 Å². The van der Waals surface area contributed by atoms with Gasteiger partial charge in [-0.15, -0.1) is 6.42 Å². The molecule has 0 heterocycles. The molecule has 0 aliphatic rings. The molecule has 1 amide bonds. The molecule has 4 heteroatoms. The van der Waals surface area contributed by atoms with Crippen LogP contribution in [0.5, 0.6) is 0 Å². The van der Waals surface area contributed by atoms with E-state index in [1.165, 1.54) is 6.07 Å². The summed E-state index contributed by atoms with van der Waals surface area (Å²) in [4.78, 5) is 22.3. The molecular formula is C14H9NO3. The van der Waals surface area contributed by atoms with Gasteiger partial charge in [0.25, 0.3) is 5.91 Å². The quantitative estimate of drug-likeness (QED) is 0.789. The number of nitrogens with one attached hydrogen (secondary N) is 1. The monoisotopic (exact) mass is 239 g/mol. The lowest BCUT2D eigenvalue weighted by atomic mass is 10.0. The highest BCUT2D eigenvalue weighted by molar-refractivity contribution is 6.09. The minimum absolute atomic E-state index is 0.0114. The standard InChI is InChI=1S/C14H9NO3/c1-2-13(16)15-12-8-10-6-4-3-5-9(10)7-11(12)14(17)18/h1,3-8H,(H,15,16)(H,17,18). The number of benzene rings is 2. The Labute approximate surface area is 103 Å². The van der Waals surface area contributed by atoms with Crippen molar-refractivity contribution < 1.29 is 14.7 Å². The number of terminal acetylenes is 1. The van der Waals surface area contributed by atoms with E-state index in [9.17, 15) is 9.59 Å². The maximum absolute atomic E-state index is 11.2. The Kier molecular flexibility index (Phi) is 2.98. The molecule has 0 aliphatic heterocycles. The van der Waals surface area contributed by atoms with E-state index in [0.717, 1.165) is 10.8 Å². The molecule has 0 aliphatic carbocycles. The van der Waals surface area contributed by atoms with E-state index in [1.807, 2.05) is 24.1 Å². The average Bonchev–Trinajstić information content (AvgIpc) is 2.37. The molecule has 0 atom stereocenters. The molecule has 0 unspecified atom stereocenters. The molecule has 0 saturated carbocycles. The first-order valence-electron chi connectivity index (χ1n) is 5.15. The Morgan fingerprint density at radius 1 is 1.17 bits per heavy atom. The molecule has 2 aromatic carbocycles. The third-order valence-corrected chi connectivity index (χ3v) is 2.50. The lowest BCUT2D eigenvalue weighted by molar-refractivity contribution is -0.111. The fourth-order valence-electron chi connectivity index (χ4n) is 1.68. The van der Waals surface area contributed by atoms with Crippen LogP contribution in [0.15, 0.2) is 36.4 Å². The number of hydrogen-bond acceptors (Lipinski definition) is 2. The van der Waals surface area contributed by atoms with Gasteiger partial charge < -0.3 is 10.4 Å². The summed E-state index contributed by atoms with van der Waals surface area (Å²) < 4.78 is 0. The fourth-order valence-corrected chi connectivity index (χ4v) is 1.68. The van der Waals surface area contributed by atoms with Crippen LogP contribution in [0.2, 0.25) is 0 Å². The smallest absolute Gasteiger partial charge is 0.337 e. The van der Waals surface area contributed by atoms with Gasteiger partial charge in [0.1, 0.15) is 0 Å². The molecule has 0 saturated heterocycles. The van der Waals surface area contributed by atoms with Gasteiger partial charge in [0.05, 0.1) is 11.3 Å². The van der Waals surface area contributed by atoms with Gasteiger partial charge in [-0.3, -0.25) is 4.79 Å². The maximum atomic E-state index is 11.2. The molecule has 0 aromatic heterocycles. The highest BCUT2D eigenvalue weighted by atomic mass is 16.4. The largest absolute Gasteiger partial charge is 0.478 e. The number of carboxylic acids is 1. The van der Waals surface area contributed by atoms with Crippen LogP contribution < -0.4 is 5.32 Å². The molecule has 2 aromatic rings. The number of rotatable bonds is 2. The van der Waals surface area contributed by atoms with Gasteiger partial charge >= 0.3 is 5.97 Å². The Bertz CT molecular complexity index is 683. The summed E-state index contributed by atoms with van der Waals surface area (Å²) in [6, 6.07) is 10.4. The third-order valence-electron chi connectivity index (χ3n) is 2.50. The number of carbonyl (C=O) groups excluding carboxylic acids is 1. The second-order valence-corrected chi connectivity index (χ2v) is 3.65. The predicted molar refractivity (Wildman–Crippen MR) is 68.4 cm³/mol. The van der Waals surface area contributed by atoms with E-state index in [1.54, 1.807) is 12.1 Å². The molecule has 0 radical (unpaired) electrons. The second-order valence-electron chi connectivity index (χ2n) is 3.65. The van der Waals surface area contributed by atoms with E-state index in [0.29, 0.717) is 0 Å². The summed E-state index contributed by atoms with van der Waals surface area (Å²) >= 11 is 0. The number of anilines is 1. The third kappa shape index (κ3) is 2.15. The zero-order chi connectivity index (χ0) is 13.1. The average molecular weight is 239 g/mol. The van der Waals surface area contributed by atoms with Crippen LogP contribution >= 0.6 is 0 Å². The van der Waals surface area contributed by atoms with Crippen LogP contribution in [0.3, 0.4) is 0 Å². The minimum atomic E-state index is -1.12. The van der Waals surface area contributed by atoms with Gasteiger partial charge in [-0.1, -0.05) is 24.3 Å². The highest BCUT2D eigenvalue weighted by Crippen LogP contribution is 2.24. The van der Waals surface area contributed by atoms with Crippen LogP contribution in [0.1, 0.15) is 10.4 Å². The first-order valence-corrected chi connectivity index (χ1v) is 5.15. The summed E-state index contributed by atoms with van der Waals surface area (Å²) in [5.41, 5.74) is 0.210.